The quantitative estimate of drug-likeness (QED) is 0.859. The van der Waals surface area contributed by atoms with Gasteiger partial charge in [-0.15, -0.1) is 0 Å². The number of aliphatic hydroxyl groups is 1. The van der Waals surface area contributed by atoms with Crippen molar-refractivity contribution in [1.82, 2.24) is 13.9 Å². The molecule has 0 aliphatic carbocycles. The maximum Gasteiger partial charge on any atom is 0.264 e. The van der Waals surface area contributed by atoms with Gasteiger partial charge in [0.25, 0.3) is 10.0 Å². The van der Waals surface area contributed by atoms with Gasteiger partial charge in [-0.3, -0.25) is 0 Å². The third-order valence-corrected chi connectivity index (χ3v) is 5.36. The van der Waals surface area contributed by atoms with E-state index in [0.29, 0.717) is 13.0 Å². The Kier molecular flexibility index (Phi) is 3.44. The largest absolute Gasteiger partial charge is 0.395 e. The van der Waals surface area contributed by atoms with Crippen LogP contribution >= 0.6 is 11.6 Å². The van der Waals surface area contributed by atoms with E-state index in [1.807, 2.05) is 0 Å². The maximum atomic E-state index is 12.3. The molecular weight excluding hydrogens is 266 g/mol. The Morgan fingerprint density at radius 1 is 1.65 bits per heavy atom. The van der Waals surface area contributed by atoms with E-state index in [1.54, 1.807) is 7.05 Å². The molecule has 1 fully saturated rings. The van der Waals surface area contributed by atoms with Crippen molar-refractivity contribution in [2.45, 2.75) is 23.9 Å². The fourth-order valence-electron chi connectivity index (χ4n) is 1.99. The second-order valence-corrected chi connectivity index (χ2v) is 6.21. The average molecular weight is 280 g/mol. The lowest BCUT2D eigenvalue weighted by Crippen LogP contribution is -2.37. The molecule has 1 N–H and O–H groups in total. The highest BCUT2D eigenvalue weighted by atomic mass is 35.5. The molecule has 1 saturated heterocycles. The molecule has 0 spiro atoms. The van der Waals surface area contributed by atoms with Crippen LogP contribution in [0.1, 0.15) is 12.8 Å². The standard InChI is InChI=1S/C9H14ClN3O3S/c1-12-6-11-9(8(12)10)17(15,16)13-4-2-3-7(13)5-14/h6-7,14H,2-5H2,1H3. The van der Waals surface area contributed by atoms with Gasteiger partial charge in [-0.25, -0.2) is 13.4 Å². The number of nitrogens with zero attached hydrogens (tertiary/aromatic N) is 3. The van der Waals surface area contributed by atoms with Crippen LogP contribution in [0.3, 0.4) is 0 Å². The summed E-state index contributed by atoms with van der Waals surface area (Å²) < 4.78 is 27.3. The minimum absolute atomic E-state index is 0.0913. The summed E-state index contributed by atoms with van der Waals surface area (Å²) in [5.41, 5.74) is 0. The third kappa shape index (κ3) is 2.08. The Hall–Kier alpha value is -0.630. The van der Waals surface area contributed by atoms with Crippen molar-refractivity contribution in [3.05, 3.63) is 11.5 Å². The summed E-state index contributed by atoms with van der Waals surface area (Å²) in [6, 6.07) is -0.363. The molecule has 96 valence electrons. The highest BCUT2D eigenvalue weighted by Crippen LogP contribution is 2.28. The summed E-state index contributed by atoms with van der Waals surface area (Å²) in [6.07, 6.45) is 2.77. The van der Waals surface area contributed by atoms with Gasteiger partial charge in [-0.1, -0.05) is 11.6 Å². The number of hydrogen-bond acceptors (Lipinski definition) is 4. The molecule has 1 aliphatic rings. The normalized spacial score (nSPS) is 22.2. The molecule has 0 aromatic carbocycles. The van der Waals surface area contributed by atoms with Crippen LogP contribution in [-0.4, -0.2) is 46.6 Å². The van der Waals surface area contributed by atoms with Crippen LogP contribution in [0.5, 0.6) is 0 Å². The second-order valence-electron chi connectivity index (χ2n) is 4.05. The molecule has 0 radical (unpaired) electrons. The first-order valence-electron chi connectivity index (χ1n) is 5.28. The topological polar surface area (TPSA) is 75.4 Å². The Bertz CT molecular complexity index is 514. The van der Waals surface area contributed by atoms with E-state index >= 15 is 0 Å². The Morgan fingerprint density at radius 2 is 2.35 bits per heavy atom. The summed E-state index contributed by atoms with van der Waals surface area (Å²) in [4.78, 5) is 3.82. The molecule has 0 bridgehead atoms. The van der Waals surface area contributed by atoms with E-state index in [-0.39, 0.29) is 22.8 Å². The van der Waals surface area contributed by atoms with Crippen LogP contribution in [0.4, 0.5) is 0 Å². The number of aliphatic hydroxyl groups excluding tert-OH is 1. The first kappa shape index (κ1) is 12.8. The molecule has 8 heteroatoms. The lowest BCUT2D eigenvalue weighted by molar-refractivity contribution is 0.213. The first-order chi connectivity index (χ1) is 7.98. The molecule has 0 amide bonds. The maximum absolute atomic E-state index is 12.3. The molecule has 1 aliphatic heterocycles. The Morgan fingerprint density at radius 3 is 2.88 bits per heavy atom. The summed E-state index contributed by atoms with van der Waals surface area (Å²) in [7, 11) is -2.07. The number of sulfonamides is 1. The fourth-order valence-corrected chi connectivity index (χ4v) is 4.06. The van der Waals surface area contributed by atoms with Gasteiger partial charge in [0.1, 0.15) is 5.15 Å². The number of aromatic nitrogens is 2. The Labute approximate surface area is 105 Å². The number of imidazole rings is 1. The zero-order valence-corrected chi connectivity index (χ0v) is 10.9. The van der Waals surface area contributed by atoms with Gasteiger partial charge in [0.2, 0.25) is 5.03 Å². The summed E-state index contributed by atoms with van der Waals surface area (Å²) in [5.74, 6) is 0. The van der Waals surface area contributed by atoms with Crippen LogP contribution in [0.25, 0.3) is 0 Å². The molecule has 1 aromatic heterocycles. The van der Waals surface area contributed by atoms with Crippen LogP contribution in [-0.2, 0) is 17.1 Å². The fraction of sp³-hybridized carbons (Fsp3) is 0.667. The average Bonchev–Trinajstić information content (AvgIpc) is 2.87. The second kappa shape index (κ2) is 4.56. The number of halogens is 1. The van der Waals surface area contributed by atoms with E-state index < -0.39 is 10.0 Å². The van der Waals surface area contributed by atoms with Gasteiger partial charge in [0.15, 0.2) is 0 Å². The van der Waals surface area contributed by atoms with Gasteiger partial charge < -0.3 is 9.67 Å². The van der Waals surface area contributed by atoms with Crippen molar-refractivity contribution in [2.75, 3.05) is 13.2 Å². The zero-order valence-electron chi connectivity index (χ0n) is 9.37. The van der Waals surface area contributed by atoms with Gasteiger partial charge in [0.05, 0.1) is 12.9 Å². The van der Waals surface area contributed by atoms with E-state index in [1.165, 1.54) is 15.2 Å². The van der Waals surface area contributed by atoms with Crippen LogP contribution in [0, 0.1) is 0 Å². The summed E-state index contributed by atoms with van der Waals surface area (Å²) >= 11 is 5.89. The van der Waals surface area contributed by atoms with Crippen molar-refractivity contribution < 1.29 is 13.5 Å². The van der Waals surface area contributed by atoms with E-state index in [4.69, 9.17) is 16.7 Å². The first-order valence-corrected chi connectivity index (χ1v) is 7.10. The van der Waals surface area contributed by atoms with Crippen LogP contribution in [0.2, 0.25) is 5.15 Å². The Balaban J connectivity index is 2.40. The molecule has 1 unspecified atom stereocenters. The van der Waals surface area contributed by atoms with Crippen molar-refractivity contribution in [3.8, 4) is 0 Å². The van der Waals surface area contributed by atoms with Gasteiger partial charge in [0, 0.05) is 19.6 Å². The van der Waals surface area contributed by atoms with Crippen molar-refractivity contribution in [3.63, 3.8) is 0 Å². The molecule has 6 nitrogen and oxygen atoms in total. The van der Waals surface area contributed by atoms with Gasteiger partial charge in [-0.05, 0) is 12.8 Å². The van der Waals surface area contributed by atoms with Crippen LogP contribution < -0.4 is 0 Å². The van der Waals surface area contributed by atoms with E-state index in [2.05, 4.69) is 4.98 Å². The minimum Gasteiger partial charge on any atom is -0.395 e. The lowest BCUT2D eigenvalue weighted by Gasteiger charge is -2.21. The van der Waals surface area contributed by atoms with Gasteiger partial charge >= 0.3 is 0 Å². The smallest absolute Gasteiger partial charge is 0.264 e. The number of aryl methyl sites for hydroxylation is 1. The summed E-state index contributed by atoms with van der Waals surface area (Å²) in [5, 5.41) is 9.11. The highest BCUT2D eigenvalue weighted by molar-refractivity contribution is 7.89. The predicted molar refractivity (Wildman–Crippen MR) is 62.2 cm³/mol. The lowest BCUT2D eigenvalue weighted by atomic mass is 10.2. The molecular formula is C9H14ClN3O3S. The molecule has 1 atom stereocenters. The van der Waals surface area contributed by atoms with Crippen molar-refractivity contribution in [2.24, 2.45) is 7.05 Å². The number of hydrogen-bond donors (Lipinski definition) is 1. The minimum atomic E-state index is -3.70. The highest BCUT2D eigenvalue weighted by Gasteiger charge is 2.37. The third-order valence-electron chi connectivity index (χ3n) is 2.92. The zero-order chi connectivity index (χ0) is 12.6. The van der Waals surface area contributed by atoms with Crippen molar-refractivity contribution in [1.29, 1.82) is 0 Å². The molecule has 1 aromatic rings. The van der Waals surface area contributed by atoms with Gasteiger partial charge in [-0.2, -0.15) is 4.31 Å². The van der Waals surface area contributed by atoms with E-state index in [9.17, 15) is 8.42 Å². The molecule has 0 saturated carbocycles. The van der Waals surface area contributed by atoms with Crippen LogP contribution in [0.15, 0.2) is 11.4 Å². The molecule has 2 heterocycles. The summed E-state index contributed by atoms with van der Waals surface area (Å²) in [6.45, 7) is 0.226. The molecule has 2 rings (SSSR count). The van der Waals surface area contributed by atoms with E-state index in [0.717, 1.165) is 6.42 Å². The number of rotatable bonds is 3. The molecule has 17 heavy (non-hydrogen) atoms. The monoisotopic (exact) mass is 279 g/mol. The predicted octanol–water partition coefficient (Wildman–Crippen LogP) is 0.219. The SMILES string of the molecule is Cn1cnc(S(=O)(=O)N2CCCC2CO)c1Cl. The van der Waals surface area contributed by atoms with Crippen molar-refractivity contribution >= 4 is 21.6 Å².